The normalized spacial score (nSPS) is 14.3. The molecule has 2 atom stereocenters. The van der Waals surface area contributed by atoms with Gasteiger partial charge in [-0.05, 0) is 23.5 Å². The summed E-state index contributed by atoms with van der Waals surface area (Å²) in [6.45, 7) is 4.56. The lowest BCUT2D eigenvalue weighted by Crippen LogP contribution is -2.20. The van der Waals surface area contributed by atoms with Crippen molar-refractivity contribution < 1.29 is 0 Å². The van der Waals surface area contributed by atoms with Crippen LogP contribution in [0.3, 0.4) is 0 Å². The molecule has 0 N–H and O–H groups in total. The number of alkyl halides is 1. The fourth-order valence-electron chi connectivity index (χ4n) is 2.45. The molecule has 0 spiro atoms. The van der Waals surface area contributed by atoms with Crippen molar-refractivity contribution in [1.29, 1.82) is 0 Å². The molecule has 0 aliphatic rings. The maximum Gasteiger partial charge on any atom is 0.0240 e. The van der Waals surface area contributed by atoms with Crippen LogP contribution in [0.15, 0.2) is 60.7 Å². The van der Waals surface area contributed by atoms with E-state index in [0.717, 1.165) is 6.42 Å². The smallest absolute Gasteiger partial charge is 0.0240 e. The van der Waals surface area contributed by atoms with Gasteiger partial charge in [0.1, 0.15) is 0 Å². The van der Waals surface area contributed by atoms with Crippen LogP contribution in [-0.4, -0.2) is 4.83 Å². The third kappa shape index (κ3) is 3.94. The summed E-state index contributed by atoms with van der Waals surface area (Å²) in [7, 11) is 0. The molecule has 2 unspecified atom stereocenters. The molecule has 0 saturated heterocycles. The second-order valence-electron chi connectivity index (χ2n) is 5.40. The lowest BCUT2D eigenvalue weighted by molar-refractivity contribution is 0.522. The lowest BCUT2D eigenvalue weighted by atomic mass is 9.85. The van der Waals surface area contributed by atoms with Gasteiger partial charge >= 0.3 is 0 Å². The van der Waals surface area contributed by atoms with Crippen LogP contribution in [0.2, 0.25) is 0 Å². The minimum atomic E-state index is 0.495. The Kier molecular flexibility index (Phi) is 5.21. The molecule has 0 heterocycles. The van der Waals surface area contributed by atoms with Crippen molar-refractivity contribution in [3.8, 4) is 0 Å². The number of rotatable bonds is 5. The zero-order valence-corrected chi connectivity index (χ0v) is 13.2. The van der Waals surface area contributed by atoms with Crippen molar-refractivity contribution in [3.63, 3.8) is 0 Å². The summed E-state index contributed by atoms with van der Waals surface area (Å²) in [4.78, 5) is 0.495. The molecule has 0 bridgehead atoms. The van der Waals surface area contributed by atoms with Crippen LogP contribution < -0.4 is 0 Å². The van der Waals surface area contributed by atoms with Crippen LogP contribution in [0, 0.1) is 5.92 Å². The van der Waals surface area contributed by atoms with E-state index in [0.29, 0.717) is 16.7 Å². The Bertz CT molecular complexity index is 476. The standard InChI is InChI=1S/C18H21Br/c1-14(2)18(19)17(16-11-7-4-8-12-16)13-15-9-5-3-6-10-15/h3-12,14,17-18H,13H2,1-2H3. The Morgan fingerprint density at radius 2 is 1.37 bits per heavy atom. The van der Waals surface area contributed by atoms with Crippen molar-refractivity contribution >= 4 is 15.9 Å². The predicted octanol–water partition coefficient (Wildman–Crippen LogP) is 5.43. The Labute approximate surface area is 125 Å². The minimum Gasteiger partial charge on any atom is -0.0881 e. The molecule has 100 valence electrons. The summed E-state index contributed by atoms with van der Waals surface area (Å²) < 4.78 is 0. The summed E-state index contributed by atoms with van der Waals surface area (Å²) in [5.41, 5.74) is 2.82. The summed E-state index contributed by atoms with van der Waals surface area (Å²) in [5, 5.41) is 0. The highest BCUT2D eigenvalue weighted by atomic mass is 79.9. The molecule has 0 amide bonds. The maximum atomic E-state index is 3.90. The molecule has 0 aliphatic heterocycles. The van der Waals surface area contributed by atoms with Gasteiger partial charge in [0.2, 0.25) is 0 Å². The van der Waals surface area contributed by atoms with Crippen molar-refractivity contribution in [2.45, 2.75) is 31.0 Å². The first-order valence-corrected chi connectivity index (χ1v) is 7.83. The Morgan fingerprint density at radius 1 is 0.842 bits per heavy atom. The molecular formula is C18H21Br. The third-order valence-electron chi connectivity index (χ3n) is 3.55. The van der Waals surface area contributed by atoms with E-state index >= 15 is 0 Å². The zero-order chi connectivity index (χ0) is 13.7. The fourth-order valence-corrected chi connectivity index (χ4v) is 2.94. The molecule has 0 fully saturated rings. The van der Waals surface area contributed by atoms with Gasteiger partial charge in [0.05, 0.1) is 0 Å². The largest absolute Gasteiger partial charge is 0.0881 e. The predicted molar refractivity (Wildman–Crippen MR) is 86.9 cm³/mol. The van der Waals surface area contributed by atoms with E-state index in [4.69, 9.17) is 0 Å². The minimum absolute atomic E-state index is 0.495. The zero-order valence-electron chi connectivity index (χ0n) is 11.6. The van der Waals surface area contributed by atoms with Gasteiger partial charge < -0.3 is 0 Å². The monoisotopic (exact) mass is 316 g/mol. The number of halogens is 1. The summed E-state index contributed by atoms with van der Waals surface area (Å²) >= 11 is 3.90. The highest BCUT2D eigenvalue weighted by Crippen LogP contribution is 2.33. The molecule has 1 heteroatoms. The fraction of sp³-hybridized carbons (Fsp3) is 0.333. The van der Waals surface area contributed by atoms with Crippen LogP contribution in [0.1, 0.15) is 30.9 Å². The average molecular weight is 317 g/mol. The topological polar surface area (TPSA) is 0 Å². The van der Waals surface area contributed by atoms with Crippen molar-refractivity contribution in [1.82, 2.24) is 0 Å². The van der Waals surface area contributed by atoms with E-state index in [1.807, 2.05) is 0 Å². The Morgan fingerprint density at radius 3 is 1.89 bits per heavy atom. The molecule has 0 aliphatic carbocycles. The third-order valence-corrected chi connectivity index (χ3v) is 5.24. The number of hydrogen-bond acceptors (Lipinski definition) is 0. The Balaban J connectivity index is 2.25. The highest BCUT2D eigenvalue weighted by molar-refractivity contribution is 9.09. The molecule has 0 radical (unpaired) electrons. The first-order valence-electron chi connectivity index (χ1n) is 6.91. The van der Waals surface area contributed by atoms with Gasteiger partial charge in [0, 0.05) is 10.7 Å². The molecule has 2 rings (SSSR count). The molecule has 0 nitrogen and oxygen atoms in total. The maximum absolute atomic E-state index is 3.90. The quantitative estimate of drug-likeness (QED) is 0.645. The van der Waals surface area contributed by atoms with Crippen molar-refractivity contribution in [3.05, 3.63) is 71.8 Å². The van der Waals surface area contributed by atoms with Gasteiger partial charge in [-0.15, -0.1) is 0 Å². The second kappa shape index (κ2) is 6.91. The van der Waals surface area contributed by atoms with E-state index in [1.54, 1.807) is 0 Å². The van der Waals surface area contributed by atoms with Gasteiger partial charge in [-0.2, -0.15) is 0 Å². The van der Waals surface area contributed by atoms with E-state index in [1.165, 1.54) is 11.1 Å². The average Bonchev–Trinajstić information content (AvgIpc) is 2.46. The van der Waals surface area contributed by atoms with Crippen LogP contribution in [0.5, 0.6) is 0 Å². The van der Waals surface area contributed by atoms with Gasteiger partial charge in [0.25, 0.3) is 0 Å². The Hall–Kier alpha value is -1.08. The van der Waals surface area contributed by atoms with Crippen LogP contribution in [0.25, 0.3) is 0 Å². The van der Waals surface area contributed by atoms with E-state index in [2.05, 4.69) is 90.4 Å². The number of benzene rings is 2. The summed E-state index contributed by atoms with van der Waals surface area (Å²) in [6.07, 6.45) is 1.08. The van der Waals surface area contributed by atoms with Crippen molar-refractivity contribution in [2.75, 3.05) is 0 Å². The SMILES string of the molecule is CC(C)C(Br)C(Cc1ccccc1)c1ccccc1. The van der Waals surface area contributed by atoms with Gasteiger partial charge in [-0.1, -0.05) is 90.4 Å². The van der Waals surface area contributed by atoms with Gasteiger partial charge in [-0.25, -0.2) is 0 Å². The van der Waals surface area contributed by atoms with Crippen LogP contribution >= 0.6 is 15.9 Å². The summed E-state index contributed by atoms with van der Waals surface area (Å²) in [6, 6.07) is 21.6. The van der Waals surface area contributed by atoms with Crippen molar-refractivity contribution in [2.24, 2.45) is 5.92 Å². The molecule has 2 aromatic carbocycles. The van der Waals surface area contributed by atoms with E-state index in [9.17, 15) is 0 Å². The highest BCUT2D eigenvalue weighted by Gasteiger charge is 2.23. The number of hydrogen-bond donors (Lipinski definition) is 0. The van der Waals surface area contributed by atoms with Crippen LogP contribution in [0.4, 0.5) is 0 Å². The summed E-state index contributed by atoms with van der Waals surface area (Å²) in [5.74, 6) is 1.14. The molecule has 0 aromatic heterocycles. The lowest BCUT2D eigenvalue weighted by Gasteiger charge is -2.26. The molecule has 19 heavy (non-hydrogen) atoms. The molecular weight excluding hydrogens is 296 g/mol. The van der Waals surface area contributed by atoms with Gasteiger partial charge in [0.15, 0.2) is 0 Å². The van der Waals surface area contributed by atoms with Crippen LogP contribution in [-0.2, 0) is 6.42 Å². The van der Waals surface area contributed by atoms with E-state index < -0.39 is 0 Å². The van der Waals surface area contributed by atoms with E-state index in [-0.39, 0.29) is 0 Å². The van der Waals surface area contributed by atoms with Gasteiger partial charge in [-0.3, -0.25) is 0 Å². The first-order chi connectivity index (χ1) is 9.18. The first kappa shape index (κ1) is 14.3. The second-order valence-corrected chi connectivity index (χ2v) is 6.45. The molecule has 0 saturated carbocycles. The molecule has 2 aromatic rings.